The van der Waals surface area contributed by atoms with Crippen molar-refractivity contribution in [2.45, 2.75) is 32.1 Å². The molecule has 4 rings (SSSR count). The Hall–Kier alpha value is -2.48. The predicted molar refractivity (Wildman–Crippen MR) is 128 cm³/mol. The van der Waals surface area contributed by atoms with E-state index in [2.05, 4.69) is 38.2 Å². The number of amides is 2. The topological polar surface area (TPSA) is 71.1 Å². The fraction of sp³-hybridized carbons (Fsp3) is 0.292. The van der Waals surface area contributed by atoms with E-state index in [1.807, 2.05) is 36.4 Å². The minimum atomic E-state index is -0.253. The highest BCUT2D eigenvalue weighted by Crippen LogP contribution is 2.26. The molecule has 0 saturated heterocycles. The molecule has 1 fully saturated rings. The SMILES string of the molecule is O=C(NCC1CCCCC1)c1ncccc1NC(=O)c1ccc(I)c2ccccc12. The van der Waals surface area contributed by atoms with Gasteiger partial charge in [0.25, 0.3) is 11.8 Å². The van der Waals surface area contributed by atoms with Gasteiger partial charge in [0.15, 0.2) is 5.69 Å². The largest absolute Gasteiger partial charge is 0.350 e. The smallest absolute Gasteiger partial charge is 0.272 e. The minimum absolute atomic E-state index is 0.246. The van der Waals surface area contributed by atoms with Crippen LogP contribution in [-0.4, -0.2) is 23.3 Å². The fourth-order valence-corrected chi connectivity index (χ4v) is 4.70. The van der Waals surface area contributed by atoms with Gasteiger partial charge in [-0.3, -0.25) is 9.59 Å². The Morgan fingerprint density at radius 2 is 1.70 bits per heavy atom. The first-order chi connectivity index (χ1) is 14.6. The number of hydrogen-bond donors (Lipinski definition) is 2. The van der Waals surface area contributed by atoms with Gasteiger partial charge in [-0.25, -0.2) is 4.98 Å². The van der Waals surface area contributed by atoms with Crippen molar-refractivity contribution in [3.05, 3.63) is 69.6 Å². The van der Waals surface area contributed by atoms with Crippen LogP contribution in [-0.2, 0) is 0 Å². The second kappa shape index (κ2) is 9.55. The number of fused-ring (bicyclic) bond motifs is 1. The molecule has 1 saturated carbocycles. The molecule has 0 aliphatic heterocycles. The first kappa shape index (κ1) is 20.8. The van der Waals surface area contributed by atoms with Gasteiger partial charge in [-0.1, -0.05) is 43.5 Å². The van der Waals surface area contributed by atoms with E-state index < -0.39 is 0 Å². The Balaban J connectivity index is 1.52. The molecule has 1 aliphatic carbocycles. The molecule has 0 spiro atoms. The van der Waals surface area contributed by atoms with Crippen LogP contribution in [0.1, 0.15) is 53.0 Å². The molecule has 2 N–H and O–H groups in total. The van der Waals surface area contributed by atoms with E-state index in [9.17, 15) is 9.59 Å². The summed E-state index contributed by atoms with van der Waals surface area (Å²) in [5, 5.41) is 7.81. The third-order valence-electron chi connectivity index (χ3n) is 5.66. The number of anilines is 1. The maximum Gasteiger partial charge on any atom is 0.272 e. The van der Waals surface area contributed by atoms with Gasteiger partial charge in [0.1, 0.15) is 0 Å². The quantitative estimate of drug-likeness (QED) is 0.449. The third kappa shape index (κ3) is 4.64. The average Bonchev–Trinajstić information content (AvgIpc) is 2.79. The molecule has 1 aliphatic rings. The standard InChI is InChI=1S/C24H24IN3O2/c25-20-13-12-19(17-9-4-5-10-18(17)20)23(29)28-21-11-6-14-26-22(21)24(30)27-15-16-7-2-1-3-8-16/h4-6,9-14,16H,1-3,7-8,15H2,(H,27,30)(H,28,29). The zero-order valence-electron chi connectivity index (χ0n) is 16.7. The zero-order valence-corrected chi connectivity index (χ0v) is 18.8. The Morgan fingerprint density at radius 1 is 0.933 bits per heavy atom. The Kier molecular flexibility index (Phi) is 6.62. The van der Waals surface area contributed by atoms with E-state index in [1.54, 1.807) is 18.3 Å². The van der Waals surface area contributed by atoms with Crippen LogP contribution in [0.3, 0.4) is 0 Å². The lowest BCUT2D eigenvalue weighted by molar-refractivity contribution is 0.0939. The molecule has 154 valence electrons. The summed E-state index contributed by atoms with van der Waals surface area (Å²) in [4.78, 5) is 30.0. The second-order valence-electron chi connectivity index (χ2n) is 7.71. The van der Waals surface area contributed by atoms with Crippen molar-refractivity contribution in [3.63, 3.8) is 0 Å². The summed E-state index contributed by atoms with van der Waals surface area (Å²) in [7, 11) is 0. The average molecular weight is 513 g/mol. The number of carbonyl (C=O) groups excluding carboxylic acids is 2. The van der Waals surface area contributed by atoms with Crippen molar-refractivity contribution in [1.29, 1.82) is 0 Å². The molecule has 6 heteroatoms. The van der Waals surface area contributed by atoms with E-state index in [1.165, 1.54) is 19.3 Å². The van der Waals surface area contributed by atoms with Gasteiger partial charge in [-0.05, 0) is 76.4 Å². The number of benzene rings is 2. The van der Waals surface area contributed by atoms with Gasteiger partial charge in [0.2, 0.25) is 0 Å². The van der Waals surface area contributed by atoms with Gasteiger partial charge < -0.3 is 10.6 Å². The van der Waals surface area contributed by atoms with Crippen molar-refractivity contribution >= 4 is 50.9 Å². The van der Waals surface area contributed by atoms with Gasteiger partial charge in [0, 0.05) is 21.9 Å². The van der Waals surface area contributed by atoms with Crippen LogP contribution in [0.15, 0.2) is 54.7 Å². The van der Waals surface area contributed by atoms with Crippen LogP contribution in [0.5, 0.6) is 0 Å². The molecular weight excluding hydrogens is 489 g/mol. The summed E-state index contributed by atoms with van der Waals surface area (Å²) < 4.78 is 1.09. The fourth-order valence-electron chi connectivity index (χ4n) is 4.05. The summed E-state index contributed by atoms with van der Waals surface area (Å²) in [6.45, 7) is 0.657. The summed E-state index contributed by atoms with van der Waals surface area (Å²) in [5.41, 5.74) is 1.24. The molecule has 5 nitrogen and oxygen atoms in total. The zero-order chi connectivity index (χ0) is 20.9. The minimum Gasteiger partial charge on any atom is -0.350 e. The maximum absolute atomic E-state index is 13.0. The molecule has 1 aromatic heterocycles. The second-order valence-corrected chi connectivity index (χ2v) is 8.87. The number of aromatic nitrogens is 1. The number of nitrogens with zero attached hydrogens (tertiary/aromatic N) is 1. The van der Waals surface area contributed by atoms with E-state index in [0.717, 1.165) is 27.2 Å². The molecule has 3 aromatic rings. The van der Waals surface area contributed by atoms with E-state index in [-0.39, 0.29) is 17.5 Å². The summed E-state index contributed by atoms with van der Waals surface area (Å²) in [5.74, 6) is 0.0310. The summed E-state index contributed by atoms with van der Waals surface area (Å²) in [6.07, 6.45) is 7.64. The van der Waals surface area contributed by atoms with Crippen LogP contribution in [0.2, 0.25) is 0 Å². The highest BCUT2D eigenvalue weighted by atomic mass is 127. The first-order valence-corrected chi connectivity index (χ1v) is 11.4. The number of halogens is 1. The molecule has 0 bridgehead atoms. The highest BCUT2D eigenvalue weighted by Gasteiger charge is 2.19. The number of carbonyl (C=O) groups is 2. The molecule has 1 heterocycles. The number of pyridine rings is 1. The van der Waals surface area contributed by atoms with E-state index in [4.69, 9.17) is 0 Å². The van der Waals surface area contributed by atoms with Gasteiger partial charge in [-0.2, -0.15) is 0 Å². The van der Waals surface area contributed by atoms with E-state index in [0.29, 0.717) is 23.7 Å². The lowest BCUT2D eigenvalue weighted by Crippen LogP contribution is -2.31. The molecule has 0 radical (unpaired) electrons. The first-order valence-electron chi connectivity index (χ1n) is 10.4. The maximum atomic E-state index is 13.0. The van der Waals surface area contributed by atoms with E-state index >= 15 is 0 Å². The van der Waals surface area contributed by atoms with Gasteiger partial charge in [0.05, 0.1) is 5.69 Å². The van der Waals surface area contributed by atoms with Gasteiger partial charge >= 0.3 is 0 Å². The van der Waals surface area contributed by atoms with Crippen LogP contribution in [0.25, 0.3) is 10.8 Å². The lowest BCUT2D eigenvalue weighted by atomic mass is 9.89. The molecular formula is C24H24IN3O2. The molecule has 0 unspecified atom stereocenters. The van der Waals surface area contributed by atoms with Gasteiger partial charge in [-0.15, -0.1) is 0 Å². The van der Waals surface area contributed by atoms with Crippen LogP contribution >= 0.6 is 22.6 Å². The highest BCUT2D eigenvalue weighted by molar-refractivity contribution is 14.1. The predicted octanol–water partition coefficient (Wildman–Crippen LogP) is 5.40. The lowest BCUT2D eigenvalue weighted by Gasteiger charge is -2.21. The Morgan fingerprint density at radius 3 is 2.50 bits per heavy atom. The molecule has 2 amide bonds. The van der Waals surface area contributed by atoms with Crippen molar-refractivity contribution < 1.29 is 9.59 Å². The van der Waals surface area contributed by atoms with Crippen molar-refractivity contribution in [2.75, 3.05) is 11.9 Å². The Bertz CT molecular complexity index is 1080. The van der Waals surface area contributed by atoms with Crippen LogP contribution in [0.4, 0.5) is 5.69 Å². The van der Waals surface area contributed by atoms with Crippen LogP contribution < -0.4 is 10.6 Å². The normalized spacial score (nSPS) is 14.4. The summed E-state index contributed by atoms with van der Waals surface area (Å²) in [6, 6.07) is 15.0. The number of hydrogen-bond acceptors (Lipinski definition) is 3. The molecule has 2 aromatic carbocycles. The number of nitrogens with one attached hydrogen (secondary N) is 2. The Labute approximate surface area is 189 Å². The summed E-state index contributed by atoms with van der Waals surface area (Å²) >= 11 is 2.27. The van der Waals surface area contributed by atoms with Crippen molar-refractivity contribution in [2.24, 2.45) is 5.92 Å². The van der Waals surface area contributed by atoms with Crippen LogP contribution in [0, 0.1) is 9.49 Å². The van der Waals surface area contributed by atoms with Crippen molar-refractivity contribution in [1.82, 2.24) is 10.3 Å². The monoisotopic (exact) mass is 513 g/mol. The molecule has 0 atom stereocenters. The van der Waals surface area contributed by atoms with Crippen molar-refractivity contribution in [3.8, 4) is 0 Å². The number of rotatable bonds is 5. The third-order valence-corrected chi connectivity index (χ3v) is 6.60. The molecule has 30 heavy (non-hydrogen) atoms.